The van der Waals surface area contributed by atoms with Crippen molar-refractivity contribution in [2.45, 2.75) is 31.8 Å². The van der Waals surface area contributed by atoms with E-state index in [0.717, 1.165) is 35.7 Å². The van der Waals surface area contributed by atoms with E-state index >= 15 is 0 Å². The molecular weight excluding hydrogens is 394 g/mol. The smallest absolute Gasteiger partial charge is 0.251 e. The number of hydrogen-bond donors (Lipinski definition) is 1. The summed E-state index contributed by atoms with van der Waals surface area (Å²) >= 11 is 6.12. The molecule has 5 rings (SSSR count). The molecule has 0 aliphatic heterocycles. The third kappa shape index (κ3) is 3.71. The van der Waals surface area contributed by atoms with Crippen LogP contribution in [0.15, 0.2) is 72.9 Å². The summed E-state index contributed by atoms with van der Waals surface area (Å²) < 4.78 is 1.91. The molecule has 1 atom stereocenters. The van der Waals surface area contributed by atoms with Crippen molar-refractivity contribution >= 4 is 28.4 Å². The molecule has 0 bridgehead atoms. The van der Waals surface area contributed by atoms with Gasteiger partial charge in [0.25, 0.3) is 5.91 Å². The first kappa shape index (κ1) is 18.9. The first-order valence-electron chi connectivity index (χ1n) is 10.3. The molecule has 0 saturated carbocycles. The van der Waals surface area contributed by atoms with Gasteiger partial charge in [-0.25, -0.2) is 0 Å². The zero-order valence-corrected chi connectivity index (χ0v) is 17.3. The number of carbonyl (C=O) groups is 1. The maximum atomic E-state index is 13.0. The Morgan fingerprint density at radius 2 is 2.00 bits per heavy atom. The number of amides is 1. The topological polar surface area (TPSA) is 46.9 Å². The Hall–Kier alpha value is -3.11. The van der Waals surface area contributed by atoms with Crippen LogP contribution in [0.3, 0.4) is 0 Å². The molecular formula is C25H22ClN3O. The predicted molar refractivity (Wildman–Crippen MR) is 120 cm³/mol. The molecule has 3 aromatic carbocycles. The van der Waals surface area contributed by atoms with Crippen molar-refractivity contribution in [3.05, 3.63) is 100 Å². The standard InChI is InChI=1S/C25H22ClN3O/c26-21-8-3-5-17(13-21)16-29-24-14-19(11-12-20(24)15-27-29)25(30)28-23-10-4-7-18-6-1-2-9-22(18)23/h1-3,5-6,8-9,11-15,23H,4,7,10,16H2,(H,28,30)/t23-/m0/s1. The molecule has 0 spiro atoms. The van der Waals surface area contributed by atoms with Gasteiger partial charge in [-0.1, -0.05) is 54.1 Å². The summed E-state index contributed by atoms with van der Waals surface area (Å²) in [6, 6.07) is 22.0. The van der Waals surface area contributed by atoms with Crippen molar-refractivity contribution in [1.29, 1.82) is 0 Å². The Balaban J connectivity index is 1.40. The first-order valence-corrected chi connectivity index (χ1v) is 10.6. The summed E-state index contributed by atoms with van der Waals surface area (Å²) in [5, 5.41) is 9.46. The molecule has 1 aromatic heterocycles. The molecule has 1 N–H and O–H groups in total. The zero-order chi connectivity index (χ0) is 20.5. The van der Waals surface area contributed by atoms with Gasteiger partial charge >= 0.3 is 0 Å². The summed E-state index contributed by atoms with van der Waals surface area (Å²) in [6.07, 6.45) is 4.97. The highest BCUT2D eigenvalue weighted by molar-refractivity contribution is 6.30. The number of aromatic nitrogens is 2. The van der Waals surface area contributed by atoms with Crippen LogP contribution in [-0.4, -0.2) is 15.7 Å². The van der Waals surface area contributed by atoms with Gasteiger partial charge in [0.2, 0.25) is 0 Å². The van der Waals surface area contributed by atoms with Gasteiger partial charge < -0.3 is 5.32 Å². The lowest BCUT2D eigenvalue weighted by Gasteiger charge is -2.26. The van der Waals surface area contributed by atoms with E-state index in [0.29, 0.717) is 17.1 Å². The number of rotatable bonds is 4. The predicted octanol–water partition coefficient (Wildman–Crippen LogP) is 5.55. The van der Waals surface area contributed by atoms with E-state index in [-0.39, 0.29) is 11.9 Å². The molecule has 30 heavy (non-hydrogen) atoms. The minimum atomic E-state index is -0.0471. The van der Waals surface area contributed by atoms with Crippen molar-refractivity contribution in [1.82, 2.24) is 15.1 Å². The van der Waals surface area contributed by atoms with E-state index in [1.807, 2.05) is 59.4 Å². The van der Waals surface area contributed by atoms with Gasteiger partial charge in [0, 0.05) is 16.0 Å². The molecule has 0 fully saturated rings. The summed E-state index contributed by atoms with van der Waals surface area (Å²) in [7, 11) is 0. The second-order valence-electron chi connectivity index (χ2n) is 7.82. The number of carbonyl (C=O) groups excluding carboxylic acids is 1. The van der Waals surface area contributed by atoms with Crippen LogP contribution >= 0.6 is 11.6 Å². The highest BCUT2D eigenvalue weighted by Crippen LogP contribution is 2.30. The normalized spacial score (nSPS) is 15.7. The highest BCUT2D eigenvalue weighted by atomic mass is 35.5. The van der Waals surface area contributed by atoms with E-state index in [1.54, 1.807) is 0 Å². The molecule has 5 heteroatoms. The van der Waals surface area contributed by atoms with Crippen LogP contribution in [0.4, 0.5) is 0 Å². The SMILES string of the molecule is O=C(N[C@H]1CCCc2ccccc21)c1ccc2cnn(Cc3cccc(Cl)c3)c2c1. The van der Waals surface area contributed by atoms with Crippen molar-refractivity contribution in [3.8, 4) is 0 Å². The largest absolute Gasteiger partial charge is 0.345 e. The molecule has 1 aliphatic rings. The fraction of sp³-hybridized carbons (Fsp3) is 0.200. The quantitative estimate of drug-likeness (QED) is 0.475. The van der Waals surface area contributed by atoms with Crippen LogP contribution in [-0.2, 0) is 13.0 Å². The minimum absolute atomic E-state index is 0.0471. The molecule has 0 unspecified atom stereocenters. The van der Waals surface area contributed by atoms with Crippen molar-refractivity contribution < 1.29 is 4.79 Å². The Morgan fingerprint density at radius 1 is 1.10 bits per heavy atom. The van der Waals surface area contributed by atoms with Crippen molar-refractivity contribution in [2.75, 3.05) is 0 Å². The molecule has 0 saturated heterocycles. The second kappa shape index (κ2) is 7.96. The molecule has 1 aliphatic carbocycles. The molecule has 1 amide bonds. The Bertz CT molecular complexity index is 1230. The van der Waals surface area contributed by atoms with Crippen molar-refractivity contribution in [3.63, 3.8) is 0 Å². The average Bonchev–Trinajstić information content (AvgIpc) is 3.16. The molecule has 0 radical (unpaired) electrons. The summed E-state index contributed by atoms with van der Waals surface area (Å²) in [6.45, 7) is 0.602. The monoisotopic (exact) mass is 415 g/mol. The maximum absolute atomic E-state index is 13.0. The Labute approximate surface area is 180 Å². The molecule has 4 aromatic rings. The van der Waals surface area contributed by atoms with Crippen LogP contribution in [0.25, 0.3) is 10.9 Å². The zero-order valence-electron chi connectivity index (χ0n) is 16.5. The maximum Gasteiger partial charge on any atom is 0.251 e. The number of halogens is 1. The van der Waals surface area contributed by atoms with Gasteiger partial charge in [0.1, 0.15) is 0 Å². The summed E-state index contributed by atoms with van der Waals surface area (Å²) in [5.41, 5.74) is 5.24. The number of nitrogens with one attached hydrogen (secondary N) is 1. The number of aryl methyl sites for hydroxylation is 1. The van der Waals surface area contributed by atoms with Crippen LogP contribution in [0.5, 0.6) is 0 Å². The van der Waals surface area contributed by atoms with E-state index in [2.05, 4.69) is 28.6 Å². The molecule has 4 nitrogen and oxygen atoms in total. The fourth-order valence-electron chi connectivity index (χ4n) is 4.29. The number of benzene rings is 3. The van der Waals surface area contributed by atoms with Crippen LogP contribution in [0.1, 0.15) is 45.9 Å². The van der Waals surface area contributed by atoms with E-state index in [4.69, 9.17) is 11.6 Å². The van der Waals surface area contributed by atoms with Gasteiger partial charge in [-0.15, -0.1) is 0 Å². The Morgan fingerprint density at radius 3 is 2.90 bits per heavy atom. The van der Waals surface area contributed by atoms with Gasteiger partial charge in [-0.3, -0.25) is 9.48 Å². The van der Waals surface area contributed by atoms with Crippen LogP contribution in [0, 0.1) is 0 Å². The third-order valence-electron chi connectivity index (χ3n) is 5.80. The van der Waals surface area contributed by atoms with Crippen molar-refractivity contribution in [2.24, 2.45) is 0 Å². The molecule has 1 heterocycles. The number of fused-ring (bicyclic) bond motifs is 2. The van der Waals surface area contributed by atoms with Gasteiger partial charge in [-0.2, -0.15) is 5.10 Å². The highest BCUT2D eigenvalue weighted by Gasteiger charge is 2.22. The number of hydrogen-bond acceptors (Lipinski definition) is 2. The minimum Gasteiger partial charge on any atom is -0.345 e. The second-order valence-corrected chi connectivity index (χ2v) is 8.26. The third-order valence-corrected chi connectivity index (χ3v) is 6.04. The lowest BCUT2D eigenvalue weighted by atomic mass is 9.87. The number of nitrogens with zero attached hydrogens (tertiary/aromatic N) is 2. The molecule has 150 valence electrons. The van der Waals surface area contributed by atoms with Crippen LogP contribution < -0.4 is 5.32 Å². The van der Waals surface area contributed by atoms with E-state index in [1.165, 1.54) is 11.1 Å². The summed E-state index contributed by atoms with van der Waals surface area (Å²) in [5.74, 6) is -0.0471. The van der Waals surface area contributed by atoms with E-state index < -0.39 is 0 Å². The van der Waals surface area contributed by atoms with Gasteiger partial charge in [-0.05, 0) is 60.2 Å². The Kier molecular flexibility index (Phi) is 5.01. The fourth-order valence-corrected chi connectivity index (χ4v) is 4.50. The average molecular weight is 416 g/mol. The summed E-state index contributed by atoms with van der Waals surface area (Å²) in [4.78, 5) is 13.0. The lowest BCUT2D eigenvalue weighted by molar-refractivity contribution is 0.0933. The van der Waals surface area contributed by atoms with E-state index in [9.17, 15) is 4.79 Å². The van der Waals surface area contributed by atoms with Gasteiger partial charge in [0.05, 0.1) is 24.3 Å². The van der Waals surface area contributed by atoms with Crippen LogP contribution in [0.2, 0.25) is 5.02 Å². The first-order chi connectivity index (χ1) is 14.7. The lowest BCUT2D eigenvalue weighted by Crippen LogP contribution is -2.30. The van der Waals surface area contributed by atoms with Gasteiger partial charge in [0.15, 0.2) is 0 Å².